The first-order valence-electron chi connectivity index (χ1n) is 11.7. The Kier molecular flexibility index (Phi) is 8.42. The molecule has 2 atom stereocenters. The van der Waals surface area contributed by atoms with Crippen LogP contribution in [0.3, 0.4) is 0 Å². The van der Waals surface area contributed by atoms with Crippen molar-refractivity contribution < 1.29 is 18.7 Å². The molecule has 1 fully saturated rings. The maximum absolute atomic E-state index is 14.1. The van der Waals surface area contributed by atoms with Gasteiger partial charge in [0.15, 0.2) is 10.8 Å². The minimum absolute atomic E-state index is 0.0389. The monoisotopic (exact) mass is 502 g/mol. The standard InChI is InChI=1S/C24H31FN6O3S/c1-31(2)12-6-11-26-22(32)24-30-20-21(27-14-28-23(20)35-24)29-16-10-9-15(25)13-19(16)34-18-8-5-4-7-17(18)33-3/h9-10,13-14,17-18H,4-8,11-12H2,1-3H3,(H,26,32)(H,27,28,29)/t17-,18-/m1/s1. The van der Waals surface area contributed by atoms with E-state index < -0.39 is 5.82 Å². The number of methoxy groups -OCH3 is 1. The third kappa shape index (κ3) is 6.41. The molecule has 11 heteroatoms. The van der Waals surface area contributed by atoms with Crippen molar-refractivity contribution in [1.82, 2.24) is 25.2 Å². The number of halogens is 1. The first-order valence-corrected chi connectivity index (χ1v) is 12.6. The van der Waals surface area contributed by atoms with Crippen LogP contribution in [0.1, 0.15) is 41.9 Å². The van der Waals surface area contributed by atoms with Gasteiger partial charge in [-0.3, -0.25) is 4.79 Å². The zero-order chi connectivity index (χ0) is 24.8. The summed E-state index contributed by atoms with van der Waals surface area (Å²) in [5.74, 6) is 0.151. The van der Waals surface area contributed by atoms with Crippen LogP contribution in [-0.2, 0) is 4.74 Å². The highest BCUT2D eigenvalue weighted by atomic mass is 32.1. The fourth-order valence-electron chi connectivity index (χ4n) is 4.07. The highest BCUT2D eigenvalue weighted by Crippen LogP contribution is 2.34. The first kappa shape index (κ1) is 25.2. The Morgan fingerprint density at radius 3 is 2.80 bits per heavy atom. The van der Waals surface area contributed by atoms with Crippen LogP contribution in [0.5, 0.6) is 5.75 Å². The van der Waals surface area contributed by atoms with Crippen LogP contribution in [0.15, 0.2) is 24.5 Å². The van der Waals surface area contributed by atoms with Crippen LogP contribution in [0.2, 0.25) is 0 Å². The van der Waals surface area contributed by atoms with Gasteiger partial charge in [-0.15, -0.1) is 0 Å². The van der Waals surface area contributed by atoms with Crippen molar-refractivity contribution in [3.63, 3.8) is 0 Å². The Labute approximate surface area is 208 Å². The summed E-state index contributed by atoms with van der Waals surface area (Å²) in [6.07, 6.45) is 5.92. The second-order valence-electron chi connectivity index (χ2n) is 8.79. The van der Waals surface area contributed by atoms with Crippen molar-refractivity contribution in [2.45, 2.75) is 44.3 Å². The van der Waals surface area contributed by atoms with E-state index in [4.69, 9.17) is 9.47 Å². The van der Waals surface area contributed by atoms with Crippen molar-refractivity contribution in [3.05, 3.63) is 35.4 Å². The molecule has 1 amide bonds. The summed E-state index contributed by atoms with van der Waals surface area (Å²) in [6, 6.07) is 4.32. The number of ether oxygens (including phenoxy) is 2. The first-order chi connectivity index (χ1) is 16.9. The highest BCUT2D eigenvalue weighted by molar-refractivity contribution is 7.19. The van der Waals surface area contributed by atoms with Crippen molar-refractivity contribution in [2.24, 2.45) is 0 Å². The number of nitrogens with one attached hydrogen (secondary N) is 2. The van der Waals surface area contributed by atoms with Crippen LogP contribution >= 0.6 is 11.3 Å². The smallest absolute Gasteiger partial charge is 0.280 e. The number of amides is 1. The molecule has 1 aliphatic rings. The number of aromatic nitrogens is 3. The Morgan fingerprint density at radius 2 is 2.03 bits per heavy atom. The summed E-state index contributed by atoms with van der Waals surface area (Å²) in [5, 5.41) is 6.41. The summed E-state index contributed by atoms with van der Waals surface area (Å²) in [6.45, 7) is 1.44. The minimum Gasteiger partial charge on any atom is -0.485 e. The van der Waals surface area contributed by atoms with Gasteiger partial charge in [-0.05, 0) is 58.5 Å². The molecule has 0 aliphatic heterocycles. The lowest BCUT2D eigenvalue weighted by Gasteiger charge is -2.31. The second-order valence-corrected chi connectivity index (χ2v) is 9.77. The zero-order valence-corrected chi connectivity index (χ0v) is 21.0. The topological polar surface area (TPSA) is 102 Å². The van der Waals surface area contributed by atoms with Crippen LogP contribution in [-0.4, -0.2) is 72.3 Å². The Hall–Kier alpha value is -2.89. The molecule has 4 rings (SSSR count). The number of nitrogens with zero attached hydrogens (tertiary/aromatic N) is 4. The van der Waals surface area contributed by atoms with E-state index in [9.17, 15) is 9.18 Å². The zero-order valence-electron chi connectivity index (χ0n) is 20.2. The normalized spacial score (nSPS) is 18.1. The van der Waals surface area contributed by atoms with E-state index in [-0.39, 0.29) is 18.1 Å². The highest BCUT2D eigenvalue weighted by Gasteiger charge is 2.27. The number of carbonyl (C=O) groups excluding carboxylic acids is 1. The fourth-order valence-corrected chi connectivity index (χ4v) is 4.89. The Morgan fingerprint density at radius 1 is 1.23 bits per heavy atom. The molecular weight excluding hydrogens is 471 g/mol. The van der Waals surface area contributed by atoms with E-state index >= 15 is 0 Å². The quantitative estimate of drug-likeness (QED) is 0.402. The predicted octanol–water partition coefficient (Wildman–Crippen LogP) is 3.99. The van der Waals surface area contributed by atoms with E-state index in [1.54, 1.807) is 13.2 Å². The van der Waals surface area contributed by atoms with Gasteiger partial charge in [0.05, 0.1) is 11.8 Å². The van der Waals surface area contributed by atoms with E-state index in [0.29, 0.717) is 39.2 Å². The molecule has 9 nitrogen and oxygen atoms in total. The van der Waals surface area contributed by atoms with Crippen LogP contribution in [0.25, 0.3) is 10.3 Å². The number of rotatable bonds is 10. The SMILES string of the molecule is CO[C@@H]1CCCC[C@H]1Oc1cc(F)ccc1Nc1ncnc2sc(C(=O)NCCCN(C)C)nc12. The van der Waals surface area contributed by atoms with Gasteiger partial charge in [0, 0.05) is 19.7 Å². The lowest BCUT2D eigenvalue weighted by Crippen LogP contribution is -2.36. The second kappa shape index (κ2) is 11.7. The number of hydrogen-bond donors (Lipinski definition) is 2. The van der Waals surface area contributed by atoms with E-state index in [1.165, 1.54) is 29.8 Å². The van der Waals surface area contributed by atoms with Gasteiger partial charge >= 0.3 is 0 Å². The molecule has 35 heavy (non-hydrogen) atoms. The summed E-state index contributed by atoms with van der Waals surface area (Å²) in [5.41, 5.74) is 1.02. The number of fused-ring (bicyclic) bond motifs is 1. The summed E-state index contributed by atoms with van der Waals surface area (Å²) in [4.78, 5) is 28.3. The van der Waals surface area contributed by atoms with Crippen molar-refractivity contribution in [1.29, 1.82) is 0 Å². The van der Waals surface area contributed by atoms with Gasteiger partial charge in [0.2, 0.25) is 0 Å². The molecular formula is C24H31FN6O3S. The Balaban J connectivity index is 1.53. The third-order valence-corrected chi connectivity index (χ3v) is 6.84. The van der Waals surface area contributed by atoms with Crippen molar-refractivity contribution in [2.75, 3.05) is 39.6 Å². The largest absolute Gasteiger partial charge is 0.485 e. The van der Waals surface area contributed by atoms with Gasteiger partial charge in [0.25, 0.3) is 5.91 Å². The summed E-state index contributed by atoms with van der Waals surface area (Å²) < 4.78 is 25.9. The van der Waals surface area contributed by atoms with Crippen molar-refractivity contribution in [3.8, 4) is 5.75 Å². The van der Waals surface area contributed by atoms with Gasteiger partial charge < -0.3 is 25.0 Å². The number of hydrogen-bond acceptors (Lipinski definition) is 9. The van der Waals surface area contributed by atoms with Gasteiger partial charge in [0.1, 0.15) is 34.3 Å². The third-order valence-electron chi connectivity index (χ3n) is 5.88. The molecule has 0 bridgehead atoms. The molecule has 1 aromatic carbocycles. The lowest BCUT2D eigenvalue weighted by molar-refractivity contribution is -0.0227. The van der Waals surface area contributed by atoms with Crippen molar-refractivity contribution >= 4 is 39.1 Å². The Bertz CT molecular complexity index is 1160. The van der Waals surface area contributed by atoms with Gasteiger partial charge in [-0.25, -0.2) is 19.3 Å². The molecule has 0 saturated heterocycles. The average Bonchev–Trinajstić information content (AvgIpc) is 3.29. The molecule has 188 valence electrons. The van der Waals surface area contributed by atoms with E-state index in [1.807, 2.05) is 14.1 Å². The van der Waals surface area contributed by atoms with Gasteiger partial charge in [-0.1, -0.05) is 17.8 Å². The minimum atomic E-state index is -0.398. The molecule has 2 N–H and O–H groups in total. The number of thiazole rings is 1. The molecule has 0 unspecified atom stereocenters. The number of benzene rings is 1. The van der Waals surface area contributed by atoms with Crippen LogP contribution in [0, 0.1) is 5.82 Å². The summed E-state index contributed by atoms with van der Waals surface area (Å²) in [7, 11) is 5.66. The molecule has 0 spiro atoms. The number of carbonyl (C=O) groups is 1. The molecule has 0 radical (unpaired) electrons. The van der Waals surface area contributed by atoms with E-state index in [0.717, 1.165) is 38.6 Å². The molecule has 2 aromatic heterocycles. The van der Waals surface area contributed by atoms with Crippen LogP contribution in [0.4, 0.5) is 15.9 Å². The molecule has 2 heterocycles. The average molecular weight is 503 g/mol. The number of anilines is 2. The maximum atomic E-state index is 14.1. The fraction of sp³-hybridized carbons (Fsp3) is 0.500. The summed E-state index contributed by atoms with van der Waals surface area (Å²) >= 11 is 1.20. The van der Waals surface area contributed by atoms with Crippen LogP contribution < -0.4 is 15.4 Å². The molecule has 3 aromatic rings. The maximum Gasteiger partial charge on any atom is 0.280 e. The van der Waals surface area contributed by atoms with Gasteiger partial charge in [-0.2, -0.15) is 0 Å². The lowest BCUT2D eigenvalue weighted by atomic mass is 9.94. The van der Waals surface area contributed by atoms with E-state index in [2.05, 4.69) is 30.5 Å². The molecule has 1 aliphatic carbocycles. The molecule has 1 saturated carbocycles. The predicted molar refractivity (Wildman–Crippen MR) is 134 cm³/mol.